The Balaban J connectivity index is 1.51. The molecule has 5 heteroatoms. The molecule has 2 saturated heterocycles. The first kappa shape index (κ1) is 15.3. The molecule has 1 aromatic rings. The molecular formula is C18H24ClN3O. The van der Waals surface area contributed by atoms with E-state index in [4.69, 9.17) is 11.6 Å². The molecule has 1 unspecified atom stereocenters. The predicted molar refractivity (Wildman–Crippen MR) is 91.7 cm³/mol. The van der Waals surface area contributed by atoms with Gasteiger partial charge in [0, 0.05) is 31.9 Å². The number of pyridine rings is 1. The van der Waals surface area contributed by atoms with Crippen molar-refractivity contribution in [1.29, 1.82) is 0 Å². The first-order valence-electron chi connectivity index (χ1n) is 8.86. The lowest BCUT2D eigenvalue weighted by Gasteiger charge is -2.42. The van der Waals surface area contributed by atoms with E-state index >= 15 is 0 Å². The average Bonchev–Trinajstić information content (AvgIpc) is 3.22. The number of nitrogens with zero attached hydrogens (tertiary/aromatic N) is 3. The van der Waals surface area contributed by atoms with Crippen molar-refractivity contribution >= 4 is 23.3 Å². The van der Waals surface area contributed by atoms with Crippen LogP contribution < -0.4 is 4.90 Å². The summed E-state index contributed by atoms with van der Waals surface area (Å²) < 4.78 is 0. The lowest BCUT2D eigenvalue weighted by Crippen LogP contribution is -2.53. The van der Waals surface area contributed by atoms with E-state index in [1.165, 1.54) is 25.7 Å². The Morgan fingerprint density at radius 1 is 1.13 bits per heavy atom. The second-order valence-electron chi connectivity index (χ2n) is 7.33. The van der Waals surface area contributed by atoms with E-state index in [0.717, 1.165) is 44.7 Å². The van der Waals surface area contributed by atoms with Crippen molar-refractivity contribution in [3.63, 3.8) is 0 Å². The van der Waals surface area contributed by atoms with E-state index < -0.39 is 0 Å². The minimum Gasteiger partial charge on any atom is -0.356 e. The summed E-state index contributed by atoms with van der Waals surface area (Å²) in [4.78, 5) is 22.1. The van der Waals surface area contributed by atoms with Crippen LogP contribution in [0.3, 0.4) is 0 Å². The highest BCUT2D eigenvalue weighted by Gasteiger charge is 2.50. The highest BCUT2D eigenvalue weighted by atomic mass is 35.5. The van der Waals surface area contributed by atoms with Crippen molar-refractivity contribution in [2.24, 2.45) is 5.41 Å². The van der Waals surface area contributed by atoms with Crippen LogP contribution in [0.2, 0.25) is 5.02 Å². The van der Waals surface area contributed by atoms with Crippen LogP contribution in [0.4, 0.5) is 5.82 Å². The third-order valence-electron chi connectivity index (χ3n) is 5.92. The molecule has 4 rings (SSSR count). The molecule has 3 heterocycles. The second-order valence-corrected chi connectivity index (χ2v) is 7.76. The van der Waals surface area contributed by atoms with Gasteiger partial charge in [-0.1, -0.05) is 24.4 Å². The Hall–Kier alpha value is -1.29. The maximum Gasteiger partial charge on any atom is 0.230 e. The monoisotopic (exact) mass is 333 g/mol. The van der Waals surface area contributed by atoms with Crippen LogP contribution in [0.25, 0.3) is 0 Å². The van der Waals surface area contributed by atoms with Gasteiger partial charge in [0.05, 0.1) is 10.4 Å². The van der Waals surface area contributed by atoms with Gasteiger partial charge < -0.3 is 9.80 Å². The molecule has 1 aliphatic carbocycles. The Morgan fingerprint density at radius 3 is 2.70 bits per heavy atom. The average molecular weight is 334 g/mol. The number of likely N-dealkylation sites (tertiary alicyclic amines) is 1. The summed E-state index contributed by atoms with van der Waals surface area (Å²) in [5.41, 5.74) is -0.178. The first-order valence-corrected chi connectivity index (χ1v) is 9.23. The van der Waals surface area contributed by atoms with E-state index in [-0.39, 0.29) is 5.41 Å². The molecule has 1 spiro atoms. The molecule has 0 radical (unpaired) electrons. The smallest absolute Gasteiger partial charge is 0.230 e. The fourth-order valence-electron chi connectivity index (χ4n) is 4.67. The van der Waals surface area contributed by atoms with E-state index in [2.05, 4.69) is 14.8 Å². The summed E-state index contributed by atoms with van der Waals surface area (Å²) in [6.07, 6.45) is 9.77. The number of piperidine rings is 1. The van der Waals surface area contributed by atoms with Crippen LogP contribution in [0, 0.1) is 5.41 Å². The first-order chi connectivity index (χ1) is 11.2. The van der Waals surface area contributed by atoms with Gasteiger partial charge in [-0.2, -0.15) is 0 Å². The van der Waals surface area contributed by atoms with Crippen molar-refractivity contribution in [3.05, 3.63) is 23.4 Å². The number of carbonyl (C=O) groups is 1. The van der Waals surface area contributed by atoms with Gasteiger partial charge in [-0.3, -0.25) is 4.79 Å². The largest absolute Gasteiger partial charge is 0.356 e. The standard InChI is InChI=1S/C18H24ClN3O/c19-14-6-7-16(20-12-14)21-11-9-18(13-21)8-3-10-22(17(18)23)15-4-1-2-5-15/h6-7,12,15H,1-5,8-11,13H2. The number of rotatable bonds is 2. The lowest BCUT2D eigenvalue weighted by molar-refractivity contribution is -0.147. The van der Waals surface area contributed by atoms with Gasteiger partial charge in [0.15, 0.2) is 0 Å². The molecule has 0 aromatic carbocycles. The molecule has 4 nitrogen and oxygen atoms in total. The zero-order valence-corrected chi connectivity index (χ0v) is 14.3. The molecule has 1 saturated carbocycles. The minimum atomic E-state index is -0.178. The number of hydrogen-bond acceptors (Lipinski definition) is 3. The van der Waals surface area contributed by atoms with E-state index in [9.17, 15) is 4.79 Å². The van der Waals surface area contributed by atoms with Gasteiger partial charge >= 0.3 is 0 Å². The topological polar surface area (TPSA) is 36.4 Å². The SMILES string of the molecule is O=C1N(C2CCCC2)CCCC12CCN(c1ccc(Cl)cn1)C2. The van der Waals surface area contributed by atoms with Crippen molar-refractivity contribution in [2.75, 3.05) is 24.5 Å². The number of carbonyl (C=O) groups excluding carboxylic acids is 1. The van der Waals surface area contributed by atoms with Crippen LogP contribution in [-0.4, -0.2) is 41.5 Å². The summed E-state index contributed by atoms with van der Waals surface area (Å²) in [7, 11) is 0. The Kier molecular flexibility index (Phi) is 3.96. The van der Waals surface area contributed by atoms with Gasteiger partial charge in [-0.15, -0.1) is 0 Å². The molecule has 1 aromatic heterocycles. The van der Waals surface area contributed by atoms with Gasteiger partial charge in [-0.05, 0) is 44.2 Å². The highest BCUT2D eigenvalue weighted by molar-refractivity contribution is 6.30. The van der Waals surface area contributed by atoms with Crippen LogP contribution in [0.15, 0.2) is 18.3 Å². The molecule has 3 aliphatic rings. The molecule has 0 N–H and O–H groups in total. The van der Waals surface area contributed by atoms with E-state index in [0.29, 0.717) is 17.0 Å². The van der Waals surface area contributed by atoms with Crippen LogP contribution in [-0.2, 0) is 4.79 Å². The lowest BCUT2D eigenvalue weighted by atomic mass is 9.77. The van der Waals surface area contributed by atoms with E-state index in [1.54, 1.807) is 6.20 Å². The molecule has 0 bridgehead atoms. The molecular weight excluding hydrogens is 310 g/mol. The molecule has 1 amide bonds. The third-order valence-corrected chi connectivity index (χ3v) is 6.15. The van der Waals surface area contributed by atoms with E-state index in [1.807, 2.05) is 12.1 Å². The summed E-state index contributed by atoms with van der Waals surface area (Å²) in [6.45, 7) is 2.69. The quantitative estimate of drug-likeness (QED) is 0.831. The van der Waals surface area contributed by atoms with Crippen molar-refractivity contribution in [3.8, 4) is 0 Å². The highest BCUT2D eigenvalue weighted by Crippen LogP contribution is 2.43. The zero-order chi connectivity index (χ0) is 15.9. The van der Waals surface area contributed by atoms with Crippen molar-refractivity contribution in [2.45, 2.75) is 51.0 Å². The van der Waals surface area contributed by atoms with Crippen LogP contribution >= 0.6 is 11.6 Å². The minimum absolute atomic E-state index is 0.178. The summed E-state index contributed by atoms with van der Waals surface area (Å²) in [5.74, 6) is 1.35. The number of halogens is 1. The van der Waals surface area contributed by atoms with Gasteiger partial charge in [-0.25, -0.2) is 4.98 Å². The van der Waals surface area contributed by atoms with Crippen LogP contribution in [0.5, 0.6) is 0 Å². The zero-order valence-electron chi connectivity index (χ0n) is 13.5. The summed E-state index contributed by atoms with van der Waals surface area (Å²) in [6, 6.07) is 4.34. The third kappa shape index (κ3) is 2.71. The fourth-order valence-corrected chi connectivity index (χ4v) is 4.78. The molecule has 1 atom stereocenters. The fraction of sp³-hybridized carbons (Fsp3) is 0.667. The Labute approximate surface area is 142 Å². The normalized spacial score (nSPS) is 29.0. The number of hydrogen-bond donors (Lipinski definition) is 0. The van der Waals surface area contributed by atoms with Gasteiger partial charge in [0.1, 0.15) is 5.82 Å². The van der Waals surface area contributed by atoms with Crippen LogP contribution in [0.1, 0.15) is 44.9 Å². The summed E-state index contributed by atoms with van der Waals surface area (Å²) in [5, 5.41) is 0.656. The number of aromatic nitrogens is 1. The number of amides is 1. The van der Waals surface area contributed by atoms with Gasteiger partial charge in [0.2, 0.25) is 5.91 Å². The maximum atomic E-state index is 13.2. The Bertz CT molecular complexity index is 584. The second kappa shape index (κ2) is 5.97. The summed E-state index contributed by atoms with van der Waals surface area (Å²) >= 11 is 5.93. The predicted octanol–water partition coefficient (Wildman–Crippen LogP) is 3.50. The molecule has 2 aliphatic heterocycles. The maximum absolute atomic E-state index is 13.2. The Morgan fingerprint density at radius 2 is 1.96 bits per heavy atom. The van der Waals surface area contributed by atoms with Crippen molar-refractivity contribution in [1.82, 2.24) is 9.88 Å². The number of anilines is 1. The van der Waals surface area contributed by atoms with Gasteiger partial charge in [0.25, 0.3) is 0 Å². The molecule has 124 valence electrons. The molecule has 23 heavy (non-hydrogen) atoms. The molecule has 3 fully saturated rings. The van der Waals surface area contributed by atoms with Crippen molar-refractivity contribution < 1.29 is 4.79 Å².